The van der Waals surface area contributed by atoms with Gasteiger partial charge in [0.25, 0.3) is 0 Å². The number of aromatic nitrogens is 1. The Morgan fingerprint density at radius 3 is 1.77 bits per heavy atom. The molecule has 12 rings (SSSR count). The van der Waals surface area contributed by atoms with E-state index in [1.165, 1.54) is 60.8 Å². The van der Waals surface area contributed by atoms with Crippen molar-refractivity contribution in [3.8, 4) is 28.3 Å². The molecule has 0 bridgehead atoms. The summed E-state index contributed by atoms with van der Waals surface area (Å²) in [5.74, 6) is 2.07. The second-order valence-corrected chi connectivity index (χ2v) is 14.4. The molecular weight excluding hydrogens is 633 g/mol. The van der Waals surface area contributed by atoms with Gasteiger partial charge in [-0.2, -0.15) is 0 Å². The summed E-state index contributed by atoms with van der Waals surface area (Å²) in [4.78, 5) is 2.53. The molecule has 0 amide bonds. The SMILES string of the molecule is C1=CC2c3ccc4c(c3N(c3ccc(-n5c6ccccc6c6ccccc65)cc3)C2C=C1)Oc1ccccc1C41c2ccccc2-c2ccccc21. The maximum Gasteiger partial charge on any atom is 0.156 e. The second-order valence-electron chi connectivity index (χ2n) is 14.4. The summed E-state index contributed by atoms with van der Waals surface area (Å²) in [6.45, 7) is 0. The van der Waals surface area contributed by atoms with Gasteiger partial charge in [0.15, 0.2) is 5.75 Å². The first-order valence-electron chi connectivity index (χ1n) is 18.2. The Labute approximate surface area is 302 Å². The van der Waals surface area contributed by atoms with E-state index in [1.807, 2.05) is 0 Å². The molecule has 0 saturated heterocycles. The van der Waals surface area contributed by atoms with E-state index in [0.29, 0.717) is 0 Å². The normalized spacial score (nSPS) is 18.1. The van der Waals surface area contributed by atoms with Crippen molar-refractivity contribution >= 4 is 33.2 Å². The molecule has 0 fully saturated rings. The molecule has 4 aliphatic rings. The van der Waals surface area contributed by atoms with Crippen molar-refractivity contribution in [3.05, 3.63) is 210 Å². The van der Waals surface area contributed by atoms with Gasteiger partial charge in [0.2, 0.25) is 0 Å². The third-order valence-electron chi connectivity index (χ3n) is 12.0. The predicted molar refractivity (Wildman–Crippen MR) is 212 cm³/mol. The van der Waals surface area contributed by atoms with Crippen LogP contribution in [0.1, 0.15) is 33.7 Å². The van der Waals surface area contributed by atoms with Crippen LogP contribution >= 0.6 is 0 Å². The number of nitrogens with zero attached hydrogens (tertiary/aromatic N) is 2. The van der Waals surface area contributed by atoms with Crippen molar-refractivity contribution < 1.29 is 4.74 Å². The molecule has 3 nitrogen and oxygen atoms in total. The van der Waals surface area contributed by atoms with Gasteiger partial charge in [0, 0.05) is 39.2 Å². The molecule has 3 heterocycles. The van der Waals surface area contributed by atoms with E-state index in [2.05, 4.69) is 191 Å². The van der Waals surface area contributed by atoms with Crippen LogP contribution in [0.4, 0.5) is 11.4 Å². The van der Waals surface area contributed by atoms with Crippen LogP contribution in [0.2, 0.25) is 0 Å². The lowest BCUT2D eigenvalue weighted by Crippen LogP contribution is -2.33. The summed E-state index contributed by atoms with van der Waals surface area (Å²) < 4.78 is 9.57. The van der Waals surface area contributed by atoms with Gasteiger partial charge in [-0.05, 0) is 70.3 Å². The van der Waals surface area contributed by atoms with E-state index in [9.17, 15) is 0 Å². The molecular formula is C49H32N2O. The van der Waals surface area contributed by atoms with Crippen LogP contribution < -0.4 is 9.64 Å². The average molecular weight is 665 g/mol. The highest BCUT2D eigenvalue weighted by Gasteiger charge is 2.53. The Kier molecular flexibility index (Phi) is 5.55. The third kappa shape index (κ3) is 3.45. The molecule has 2 atom stereocenters. The molecule has 244 valence electrons. The average Bonchev–Trinajstić information content (AvgIpc) is 3.83. The number of hydrogen-bond acceptors (Lipinski definition) is 2. The topological polar surface area (TPSA) is 17.4 Å². The molecule has 2 aliphatic carbocycles. The van der Waals surface area contributed by atoms with Crippen molar-refractivity contribution in [2.75, 3.05) is 4.90 Å². The Morgan fingerprint density at radius 1 is 0.481 bits per heavy atom. The van der Waals surface area contributed by atoms with Crippen LogP contribution in [-0.2, 0) is 5.41 Å². The van der Waals surface area contributed by atoms with Gasteiger partial charge >= 0.3 is 0 Å². The molecule has 3 heteroatoms. The zero-order chi connectivity index (χ0) is 34.0. The number of hydrogen-bond donors (Lipinski definition) is 0. The minimum atomic E-state index is -0.502. The van der Waals surface area contributed by atoms with Gasteiger partial charge in [-0.3, -0.25) is 0 Å². The number of fused-ring (bicyclic) bond motifs is 16. The predicted octanol–water partition coefficient (Wildman–Crippen LogP) is 12.0. The first kappa shape index (κ1) is 28.2. The Balaban J connectivity index is 1.09. The van der Waals surface area contributed by atoms with Crippen molar-refractivity contribution in [2.24, 2.45) is 0 Å². The number of para-hydroxylation sites is 3. The van der Waals surface area contributed by atoms with E-state index in [1.54, 1.807) is 0 Å². The van der Waals surface area contributed by atoms with E-state index < -0.39 is 5.41 Å². The standard InChI is InChI=1S/C49H32N2O/c1-6-18-39-33(13-1)34-14-2-7-19-40(34)49(39)41-20-8-12-24-46(41)52-48-42(49)30-29-38-37-17-5-11-23-45(37)51(47(38)48)32-27-25-31(26-28-32)50-43-21-9-3-15-35(43)36-16-4-10-22-44(36)50/h1-30,37,45H. The Hall–Kier alpha value is -6.58. The number of allylic oxidation sites excluding steroid dienone is 2. The number of benzene rings is 7. The largest absolute Gasteiger partial charge is 0.454 e. The fraction of sp³-hybridized carbons (Fsp3) is 0.0612. The van der Waals surface area contributed by atoms with Crippen LogP contribution in [0.3, 0.4) is 0 Å². The van der Waals surface area contributed by atoms with Gasteiger partial charge in [-0.1, -0.05) is 140 Å². The van der Waals surface area contributed by atoms with Gasteiger partial charge in [-0.25, -0.2) is 0 Å². The van der Waals surface area contributed by atoms with Crippen molar-refractivity contribution in [1.82, 2.24) is 4.57 Å². The minimum Gasteiger partial charge on any atom is -0.454 e. The summed E-state index contributed by atoms with van der Waals surface area (Å²) in [5.41, 5.74) is 14.3. The molecule has 1 aromatic heterocycles. The molecule has 7 aromatic carbocycles. The summed E-state index contributed by atoms with van der Waals surface area (Å²) >= 11 is 0. The molecule has 2 unspecified atom stereocenters. The summed E-state index contributed by atoms with van der Waals surface area (Å²) in [6, 6.07) is 58.0. The molecule has 0 radical (unpaired) electrons. The van der Waals surface area contributed by atoms with Crippen molar-refractivity contribution in [1.29, 1.82) is 0 Å². The molecule has 8 aromatic rings. The highest BCUT2D eigenvalue weighted by molar-refractivity contribution is 6.09. The molecule has 2 aliphatic heterocycles. The maximum absolute atomic E-state index is 7.18. The number of ether oxygens (including phenoxy) is 1. The lowest BCUT2D eigenvalue weighted by molar-refractivity contribution is 0.437. The molecule has 52 heavy (non-hydrogen) atoms. The fourth-order valence-electron chi connectivity index (χ4n) is 9.98. The number of anilines is 2. The lowest BCUT2D eigenvalue weighted by atomic mass is 9.65. The molecule has 0 N–H and O–H groups in total. The van der Waals surface area contributed by atoms with E-state index in [-0.39, 0.29) is 12.0 Å². The highest BCUT2D eigenvalue weighted by atomic mass is 16.5. The lowest BCUT2D eigenvalue weighted by Gasteiger charge is -2.41. The zero-order valence-electron chi connectivity index (χ0n) is 28.3. The Morgan fingerprint density at radius 2 is 1.06 bits per heavy atom. The van der Waals surface area contributed by atoms with Gasteiger partial charge in [0.05, 0.1) is 28.2 Å². The summed E-state index contributed by atoms with van der Waals surface area (Å²) in [7, 11) is 0. The van der Waals surface area contributed by atoms with Gasteiger partial charge < -0.3 is 14.2 Å². The van der Waals surface area contributed by atoms with Crippen LogP contribution in [0, 0.1) is 0 Å². The first-order valence-corrected chi connectivity index (χ1v) is 18.2. The van der Waals surface area contributed by atoms with Crippen LogP contribution in [-0.4, -0.2) is 10.6 Å². The zero-order valence-corrected chi connectivity index (χ0v) is 28.3. The van der Waals surface area contributed by atoms with E-state index >= 15 is 0 Å². The first-order chi connectivity index (χ1) is 25.8. The number of rotatable bonds is 2. The maximum atomic E-state index is 7.18. The van der Waals surface area contributed by atoms with Crippen molar-refractivity contribution in [3.63, 3.8) is 0 Å². The van der Waals surface area contributed by atoms with Gasteiger partial charge in [0.1, 0.15) is 5.75 Å². The van der Waals surface area contributed by atoms with Crippen LogP contribution in [0.5, 0.6) is 11.5 Å². The molecule has 1 spiro atoms. The quantitative estimate of drug-likeness (QED) is 0.183. The van der Waals surface area contributed by atoms with E-state index in [0.717, 1.165) is 28.6 Å². The Bertz CT molecular complexity index is 2760. The second kappa shape index (κ2) is 10.2. The minimum absolute atomic E-state index is 0.130. The van der Waals surface area contributed by atoms with Crippen LogP contribution in [0.25, 0.3) is 38.6 Å². The highest BCUT2D eigenvalue weighted by Crippen LogP contribution is 2.65. The van der Waals surface area contributed by atoms with Crippen molar-refractivity contribution in [2.45, 2.75) is 17.4 Å². The smallest absolute Gasteiger partial charge is 0.156 e. The fourth-order valence-corrected chi connectivity index (χ4v) is 9.98. The summed E-state index contributed by atoms with van der Waals surface area (Å²) in [6.07, 6.45) is 9.10. The van der Waals surface area contributed by atoms with E-state index in [4.69, 9.17) is 4.74 Å². The van der Waals surface area contributed by atoms with Crippen LogP contribution in [0.15, 0.2) is 182 Å². The molecule has 0 saturated carbocycles. The monoisotopic (exact) mass is 664 g/mol. The van der Waals surface area contributed by atoms with Gasteiger partial charge in [-0.15, -0.1) is 0 Å². The third-order valence-corrected chi connectivity index (χ3v) is 12.0. The summed E-state index contributed by atoms with van der Waals surface area (Å²) in [5, 5.41) is 2.54.